The molecule has 6 nitrogen and oxygen atoms in total. The average Bonchev–Trinajstić information content (AvgIpc) is 2.55. The van der Waals surface area contributed by atoms with Crippen LogP contribution in [0.25, 0.3) is 0 Å². The van der Waals surface area contributed by atoms with Gasteiger partial charge in [0.1, 0.15) is 5.75 Å². The first-order chi connectivity index (χ1) is 10.7. The zero-order valence-corrected chi connectivity index (χ0v) is 12.4. The molecule has 0 atom stereocenters. The number of aromatic hydroxyl groups is 1. The van der Waals surface area contributed by atoms with E-state index in [0.717, 1.165) is 25.7 Å². The van der Waals surface area contributed by atoms with Gasteiger partial charge >= 0.3 is 0 Å². The van der Waals surface area contributed by atoms with Crippen LogP contribution >= 0.6 is 0 Å². The number of carbonyl (C=O) groups is 2. The molecule has 0 aliphatic heterocycles. The molecule has 6 heteroatoms. The second-order valence-corrected chi connectivity index (χ2v) is 5.40. The average molecular weight is 303 g/mol. The van der Waals surface area contributed by atoms with Crippen molar-refractivity contribution >= 4 is 18.0 Å². The van der Waals surface area contributed by atoms with Crippen molar-refractivity contribution in [2.75, 3.05) is 6.54 Å². The molecule has 3 N–H and O–H groups in total. The minimum atomic E-state index is -0.393. The highest BCUT2D eigenvalue weighted by Crippen LogP contribution is 2.23. The quantitative estimate of drug-likeness (QED) is 0.569. The van der Waals surface area contributed by atoms with Gasteiger partial charge in [0.15, 0.2) is 0 Å². The van der Waals surface area contributed by atoms with Crippen molar-refractivity contribution in [3.05, 3.63) is 29.8 Å². The van der Waals surface area contributed by atoms with Gasteiger partial charge in [-0.1, -0.05) is 31.4 Å². The number of carbonyl (C=O) groups excluding carboxylic acids is 2. The summed E-state index contributed by atoms with van der Waals surface area (Å²) < 4.78 is 0. The van der Waals surface area contributed by atoms with Crippen molar-refractivity contribution in [2.45, 2.75) is 32.1 Å². The lowest BCUT2D eigenvalue weighted by molar-refractivity contribution is -0.129. The van der Waals surface area contributed by atoms with E-state index in [0.29, 0.717) is 5.56 Å². The lowest BCUT2D eigenvalue weighted by Gasteiger charge is -2.20. The summed E-state index contributed by atoms with van der Waals surface area (Å²) in [5, 5.41) is 15.9. The largest absolute Gasteiger partial charge is 0.507 e. The number of benzene rings is 1. The Balaban J connectivity index is 1.71. The summed E-state index contributed by atoms with van der Waals surface area (Å²) >= 11 is 0. The Morgan fingerprint density at radius 1 is 1.23 bits per heavy atom. The van der Waals surface area contributed by atoms with E-state index in [4.69, 9.17) is 0 Å². The Hall–Kier alpha value is -2.37. The number of hydrogen-bond acceptors (Lipinski definition) is 4. The Morgan fingerprint density at radius 3 is 2.68 bits per heavy atom. The fourth-order valence-corrected chi connectivity index (χ4v) is 2.49. The van der Waals surface area contributed by atoms with E-state index in [9.17, 15) is 14.7 Å². The minimum Gasteiger partial charge on any atom is -0.507 e. The number of phenolic OH excluding ortho intramolecular Hbond substituents is 1. The number of amides is 2. The van der Waals surface area contributed by atoms with E-state index in [2.05, 4.69) is 15.8 Å². The molecule has 0 unspecified atom stereocenters. The number of phenols is 1. The van der Waals surface area contributed by atoms with Gasteiger partial charge in [-0.05, 0) is 25.0 Å². The minimum absolute atomic E-state index is 0.0336. The molecule has 22 heavy (non-hydrogen) atoms. The second kappa shape index (κ2) is 8.17. The van der Waals surface area contributed by atoms with E-state index in [1.807, 2.05) is 0 Å². The zero-order chi connectivity index (χ0) is 15.8. The van der Waals surface area contributed by atoms with Gasteiger partial charge in [-0.15, -0.1) is 0 Å². The predicted molar refractivity (Wildman–Crippen MR) is 83.4 cm³/mol. The first kappa shape index (κ1) is 16.0. The Kier molecular flexibility index (Phi) is 5.94. The van der Waals surface area contributed by atoms with Crippen molar-refractivity contribution in [1.29, 1.82) is 0 Å². The molecular formula is C16H21N3O3. The number of nitrogens with zero attached hydrogens (tertiary/aromatic N) is 1. The first-order valence-corrected chi connectivity index (χ1v) is 7.54. The van der Waals surface area contributed by atoms with Crippen LogP contribution in [0, 0.1) is 5.92 Å². The third-order valence-electron chi connectivity index (χ3n) is 3.73. The maximum atomic E-state index is 11.9. The third-order valence-corrected chi connectivity index (χ3v) is 3.73. The summed E-state index contributed by atoms with van der Waals surface area (Å²) in [5.41, 5.74) is 2.83. The van der Waals surface area contributed by atoms with Crippen LogP contribution in [0.5, 0.6) is 5.75 Å². The van der Waals surface area contributed by atoms with Crippen molar-refractivity contribution in [3.63, 3.8) is 0 Å². The summed E-state index contributed by atoms with van der Waals surface area (Å²) in [6.45, 7) is -0.0898. The highest BCUT2D eigenvalue weighted by atomic mass is 16.3. The molecule has 1 aromatic carbocycles. The summed E-state index contributed by atoms with van der Waals surface area (Å²) in [4.78, 5) is 23.5. The number of rotatable bonds is 5. The van der Waals surface area contributed by atoms with Crippen molar-refractivity contribution in [2.24, 2.45) is 11.0 Å². The lowest BCUT2D eigenvalue weighted by atomic mass is 9.89. The molecule has 0 spiro atoms. The molecule has 0 saturated heterocycles. The van der Waals surface area contributed by atoms with Crippen LogP contribution in [-0.2, 0) is 9.59 Å². The number of hydrogen-bond donors (Lipinski definition) is 3. The summed E-state index contributed by atoms with van der Waals surface area (Å²) in [5.74, 6) is -0.326. The van der Waals surface area contributed by atoms with E-state index >= 15 is 0 Å². The normalized spacial score (nSPS) is 15.6. The standard InChI is InChI=1S/C16H21N3O3/c20-14-9-5-4-8-13(14)10-18-19-15(21)11-17-16(22)12-6-2-1-3-7-12/h4-5,8-10,12,20H,1-3,6-7,11H2,(H,17,22)(H,19,21)/b18-10+. The van der Waals surface area contributed by atoms with Crippen LogP contribution < -0.4 is 10.7 Å². The molecule has 0 bridgehead atoms. The van der Waals surface area contributed by atoms with Crippen LogP contribution in [0.2, 0.25) is 0 Å². The Bertz CT molecular complexity index is 551. The summed E-state index contributed by atoms with van der Waals surface area (Å²) in [7, 11) is 0. The van der Waals surface area contributed by atoms with Crippen LogP contribution in [0.15, 0.2) is 29.4 Å². The molecular weight excluding hydrogens is 282 g/mol. The van der Waals surface area contributed by atoms with Gasteiger partial charge in [-0.3, -0.25) is 9.59 Å². The lowest BCUT2D eigenvalue weighted by Crippen LogP contribution is -2.38. The molecule has 2 rings (SSSR count). The van der Waals surface area contributed by atoms with Gasteiger partial charge < -0.3 is 10.4 Å². The van der Waals surface area contributed by atoms with Crippen LogP contribution in [0.4, 0.5) is 0 Å². The Labute approximate surface area is 129 Å². The highest BCUT2D eigenvalue weighted by molar-refractivity contribution is 5.87. The van der Waals surface area contributed by atoms with Gasteiger partial charge in [0.05, 0.1) is 12.8 Å². The molecule has 1 aromatic rings. The highest BCUT2D eigenvalue weighted by Gasteiger charge is 2.21. The number of nitrogens with one attached hydrogen (secondary N) is 2. The second-order valence-electron chi connectivity index (χ2n) is 5.40. The molecule has 0 aromatic heterocycles. The van der Waals surface area contributed by atoms with Gasteiger partial charge in [-0.2, -0.15) is 5.10 Å². The fraction of sp³-hybridized carbons (Fsp3) is 0.438. The van der Waals surface area contributed by atoms with Crippen molar-refractivity contribution < 1.29 is 14.7 Å². The fourth-order valence-electron chi connectivity index (χ4n) is 2.49. The summed E-state index contributed by atoms with van der Waals surface area (Å²) in [6.07, 6.45) is 6.50. The van der Waals surface area contributed by atoms with Gasteiger partial charge in [0.2, 0.25) is 5.91 Å². The van der Waals surface area contributed by atoms with Crippen LogP contribution in [0.1, 0.15) is 37.7 Å². The molecule has 1 fully saturated rings. The smallest absolute Gasteiger partial charge is 0.259 e. The predicted octanol–water partition coefficient (Wildman–Crippen LogP) is 1.54. The molecule has 0 radical (unpaired) electrons. The van der Waals surface area contributed by atoms with E-state index < -0.39 is 5.91 Å². The monoisotopic (exact) mass is 303 g/mol. The van der Waals surface area contributed by atoms with Crippen molar-refractivity contribution in [3.8, 4) is 5.75 Å². The molecule has 118 valence electrons. The van der Waals surface area contributed by atoms with E-state index in [1.165, 1.54) is 18.7 Å². The van der Waals surface area contributed by atoms with Crippen molar-refractivity contribution in [1.82, 2.24) is 10.7 Å². The SMILES string of the molecule is O=C(CNC(=O)C1CCCCC1)N/N=C/c1ccccc1O. The maximum Gasteiger partial charge on any atom is 0.259 e. The summed E-state index contributed by atoms with van der Waals surface area (Å²) in [6, 6.07) is 6.67. The molecule has 1 aliphatic carbocycles. The molecule has 0 heterocycles. The van der Waals surface area contributed by atoms with Gasteiger partial charge in [0, 0.05) is 11.5 Å². The molecule has 1 saturated carbocycles. The van der Waals surface area contributed by atoms with Crippen LogP contribution in [-0.4, -0.2) is 29.7 Å². The first-order valence-electron chi connectivity index (χ1n) is 7.54. The van der Waals surface area contributed by atoms with Crippen LogP contribution in [0.3, 0.4) is 0 Å². The number of hydrazone groups is 1. The topological polar surface area (TPSA) is 90.8 Å². The Morgan fingerprint density at radius 2 is 1.95 bits per heavy atom. The maximum absolute atomic E-state index is 11.9. The zero-order valence-electron chi connectivity index (χ0n) is 12.4. The van der Waals surface area contributed by atoms with Gasteiger partial charge in [0.25, 0.3) is 5.91 Å². The third kappa shape index (κ3) is 4.87. The van der Waals surface area contributed by atoms with Gasteiger partial charge in [-0.25, -0.2) is 5.43 Å². The van der Waals surface area contributed by atoms with E-state index in [1.54, 1.807) is 18.2 Å². The molecule has 1 aliphatic rings. The van der Waals surface area contributed by atoms with E-state index in [-0.39, 0.29) is 24.1 Å². The molecule has 2 amide bonds. The number of para-hydroxylation sites is 1.